The van der Waals surface area contributed by atoms with Crippen molar-refractivity contribution < 1.29 is 19.6 Å². The normalized spacial score (nSPS) is 12.3. The summed E-state index contributed by atoms with van der Waals surface area (Å²) in [6.07, 6.45) is 1.70. The zero-order chi connectivity index (χ0) is 15.7. The Morgan fingerprint density at radius 1 is 1.57 bits per heavy atom. The molecule has 1 aromatic carbocycles. The zero-order valence-corrected chi connectivity index (χ0v) is 11.6. The molecule has 0 bridgehead atoms. The number of aryl methyl sites for hydroxylation is 1. The lowest BCUT2D eigenvalue weighted by molar-refractivity contribution is -0.383. The highest BCUT2D eigenvalue weighted by atomic mass is 16.6. The first-order chi connectivity index (χ1) is 9.86. The van der Waals surface area contributed by atoms with Crippen LogP contribution in [0.1, 0.15) is 5.56 Å². The molecule has 8 heteroatoms. The second-order valence-electron chi connectivity index (χ2n) is 4.68. The maximum atomic E-state index is 11.1. The van der Waals surface area contributed by atoms with Crippen LogP contribution in [0.4, 0.5) is 5.69 Å². The fourth-order valence-corrected chi connectivity index (χ4v) is 2.39. The molecule has 1 atom stereocenters. The van der Waals surface area contributed by atoms with E-state index in [1.807, 2.05) is 0 Å². The highest BCUT2D eigenvalue weighted by Crippen LogP contribution is 2.36. The lowest BCUT2D eigenvalue weighted by Crippen LogP contribution is -2.32. The molecule has 2 aromatic rings. The fraction of sp³-hybridized carbons (Fsp3) is 0.308. The summed E-state index contributed by atoms with van der Waals surface area (Å²) in [4.78, 5) is 21.6. The number of hydrogen-bond acceptors (Lipinski definition) is 5. The number of non-ortho nitro benzene ring substituents is 1. The number of nitro groups is 1. The van der Waals surface area contributed by atoms with Gasteiger partial charge in [-0.05, 0) is 11.6 Å². The third-order valence-electron chi connectivity index (χ3n) is 3.32. The van der Waals surface area contributed by atoms with Crippen LogP contribution in [0.3, 0.4) is 0 Å². The van der Waals surface area contributed by atoms with Crippen LogP contribution >= 0.6 is 0 Å². The molecule has 0 aliphatic carbocycles. The molecule has 112 valence electrons. The zero-order valence-electron chi connectivity index (χ0n) is 11.6. The van der Waals surface area contributed by atoms with Crippen molar-refractivity contribution in [1.82, 2.24) is 4.57 Å². The second kappa shape index (κ2) is 5.41. The number of rotatable bonds is 5. The van der Waals surface area contributed by atoms with Crippen LogP contribution in [0.5, 0.6) is 5.75 Å². The molecule has 21 heavy (non-hydrogen) atoms. The third-order valence-corrected chi connectivity index (χ3v) is 3.32. The van der Waals surface area contributed by atoms with Crippen molar-refractivity contribution in [2.75, 3.05) is 7.11 Å². The number of nitrogens with zero attached hydrogens (tertiary/aromatic N) is 2. The number of aliphatic carboxylic acids is 1. The Morgan fingerprint density at radius 2 is 2.24 bits per heavy atom. The number of fused-ring (bicyclic) bond motifs is 1. The number of benzene rings is 1. The Morgan fingerprint density at radius 3 is 2.76 bits per heavy atom. The molecule has 0 fully saturated rings. The van der Waals surface area contributed by atoms with Gasteiger partial charge in [-0.25, -0.2) is 0 Å². The molecular weight excluding hydrogens is 278 g/mol. The highest BCUT2D eigenvalue weighted by Gasteiger charge is 2.23. The van der Waals surface area contributed by atoms with E-state index in [1.165, 1.54) is 19.2 Å². The summed E-state index contributed by atoms with van der Waals surface area (Å²) in [5, 5.41) is 20.6. The van der Waals surface area contributed by atoms with E-state index in [4.69, 9.17) is 15.6 Å². The van der Waals surface area contributed by atoms with E-state index in [0.717, 1.165) is 0 Å². The highest BCUT2D eigenvalue weighted by molar-refractivity contribution is 5.96. The van der Waals surface area contributed by atoms with Crippen molar-refractivity contribution in [3.8, 4) is 5.75 Å². The summed E-state index contributed by atoms with van der Waals surface area (Å²) in [5.41, 5.74) is 6.47. The molecule has 0 saturated heterocycles. The van der Waals surface area contributed by atoms with Gasteiger partial charge in [-0.1, -0.05) is 0 Å². The van der Waals surface area contributed by atoms with Crippen LogP contribution in [-0.4, -0.2) is 33.7 Å². The van der Waals surface area contributed by atoms with Crippen LogP contribution < -0.4 is 10.5 Å². The van der Waals surface area contributed by atoms with Gasteiger partial charge < -0.3 is 20.1 Å². The van der Waals surface area contributed by atoms with Gasteiger partial charge in [-0.15, -0.1) is 0 Å². The van der Waals surface area contributed by atoms with Crippen molar-refractivity contribution >= 4 is 22.6 Å². The summed E-state index contributed by atoms with van der Waals surface area (Å²) in [6.45, 7) is 0. The monoisotopic (exact) mass is 293 g/mol. The van der Waals surface area contributed by atoms with Crippen LogP contribution in [-0.2, 0) is 18.3 Å². The van der Waals surface area contributed by atoms with E-state index < -0.39 is 16.9 Å². The molecule has 3 N–H and O–H groups in total. The topological polar surface area (TPSA) is 121 Å². The van der Waals surface area contributed by atoms with E-state index >= 15 is 0 Å². The number of methoxy groups -OCH3 is 1. The number of nitro benzene ring substituents is 1. The molecule has 8 nitrogen and oxygen atoms in total. The maximum absolute atomic E-state index is 11.1. The van der Waals surface area contributed by atoms with E-state index in [-0.39, 0.29) is 12.1 Å². The van der Waals surface area contributed by atoms with Crippen LogP contribution in [0.2, 0.25) is 0 Å². The lowest BCUT2D eigenvalue weighted by Gasteiger charge is -2.08. The lowest BCUT2D eigenvalue weighted by atomic mass is 10.0. The minimum absolute atomic E-state index is 0.0597. The Balaban J connectivity index is 2.70. The van der Waals surface area contributed by atoms with Gasteiger partial charge in [0, 0.05) is 25.7 Å². The Kier molecular flexibility index (Phi) is 3.81. The molecule has 1 aromatic heterocycles. The first kappa shape index (κ1) is 14.8. The molecule has 0 radical (unpaired) electrons. The molecule has 1 heterocycles. The smallest absolute Gasteiger partial charge is 0.320 e. The minimum Gasteiger partial charge on any atom is -0.496 e. The SMILES string of the molecule is COc1ccc([N+](=O)[O-])c2c1c(CC(N)C(=O)O)cn2C. The van der Waals surface area contributed by atoms with E-state index in [2.05, 4.69) is 0 Å². The molecule has 0 spiro atoms. The van der Waals surface area contributed by atoms with Gasteiger partial charge in [0.15, 0.2) is 0 Å². The Bertz CT molecular complexity index is 722. The summed E-state index contributed by atoms with van der Waals surface area (Å²) in [7, 11) is 3.11. The van der Waals surface area contributed by atoms with E-state index in [1.54, 1.807) is 17.8 Å². The van der Waals surface area contributed by atoms with Crippen molar-refractivity contribution in [2.24, 2.45) is 12.8 Å². The Labute approximate surface area is 119 Å². The first-order valence-electron chi connectivity index (χ1n) is 6.14. The van der Waals surface area contributed by atoms with Gasteiger partial charge >= 0.3 is 5.97 Å². The predicted molar refractivity (Wildman–Crippen MR) is 75.4 cm³/mol. The predicted octanol–water partition coefficient (Wildman–Crippen LogP) is 1.05. The average Bonchev–Trinajstić information content (AvgIpc) is 2.75. The van der Waals surface area contributed by atoms with Crippen LogP contribution in [0, 0.1) is 10.1 Å². The largest absolute Gasteiger partial charge is 0.496 e. The maximum Gasteiger partial charge on any atom is 0.320 e. The van der Waals surface area contributed by atoms with Gasteiger partial charge in [-0.2, -0.15) is 0 Å². The molecule has 1 unspecified atom stereocenters. The van der Waals surface area contributed by atoms with Gasteiger partial charge in [0.2, 0.25) is 0 Å². The Hall–Kier alpha value is -2.61. The first-order valence-corrected chi connectivity index (χ1v) is 6.14. The third kappa shape index (κ3) is 2.52. The molecule has 0 saturated carbocycles. The van der Waals surface area contributed by atoms with Gasteiger partial charge in [0.05, 0.1) is 17.4 Å². The summed E-state index contributed by atoms with van der Waals surface area (Å²) in [5.74, 6) is -0.680. The standard InChI is InChI=1S/C13H15N3O5/c1-15-6-7(5-8(14)13(17)18)11-10(21-2)4-3-9(12(11)15)16(19)20/h3-4,6,8H,5,14H2,1-2H3,(H,17,18). The minimum atomic E-state index is -1.13. The molecule has 0 aliphatic rings. The fourth-order valence-electron chi connectivity index (χ4n) is 2.39. The molecule has 0 amide bonds. The van der Waals surface area contributed by atoms with E-state index in [9.17, 15) is 14.9 Å². The number of carboxylic acids is 1. The van der Waals surface area contributed by atoms with Crippen LogP contribution in [0.15, 0.2) is 18.3 Å². The quantitative estimate of drug-likeness (QED) is 0.628. The number of carbonyl (C=O) groups is 1. The van der Waals surface area contributed by atoms with Crippen molar-refractivity contribution in [3.05, 3.63) is 34.0 Å². The van der Waals surface area contributed by atoms with E-state index in [0.29, 0.717) is 22.2 Å². The number of carboxylic acid groups (broad SMARTS) is 1. The second-order valence-corrected chi connectivity index (χ2v) is 4.68. The number of ether oxygens (including phenoxy) is 1. The average molecular weight is 293 g/mol. The summed E-state index contributed by atoms with van der Waals surface area (Å²) in [6, 6.07) is 1.78. The summed E-state index contributed by atoms with van der Waals surface area (Å²) >= 11 is 0. The van der Waals surface area contributed by atoms with Crippen molar-refractivity contribution in [3.63, 3.8) is 0 Å². The van der Waals surface area contributed by atoms with Gasteiger partial charge in [-0.3, -0.25) is 14.9 Å². The van der Waals surface area contributed by atoms with Crippen molar-refractivity contribution in [1.29, 1.82) is 0 Å². The molecule has 0 aliphatic heterocycles. The number of aromatic nitrogens is 1. The number of hydrogen-bond donors (Lipinski definition) is 2. The number of nitrogens with two attached hydrogens (primary N) is 1. The van der Waals surface area contributed by atoms with Gasteiger partial charge in [0.25, 0.3) is 5.69 Å². The molecular formula is C13H15N3O5. The van der Waals surface area contributed by atoms with Crippen LogP contribution in [0.25, 0.3) is 10.9 Å². The molecule has 2 rings (SSSR count). The summed E-state index contributed by atoms with van der Waals surface area (Å²) < 4.78 is 6.82. The van der Waals surface area contributed by atoms with Crippen molar-refractivity contribution in [2.45, 2.75) is 12.5 Å². The van der Waals surface area contributed by atoms with Gasteiger partial charge in [0.1, 0.15) is 17.3 Å².